The molecule has 0 unspecified atom stereocenters. The Kier molecular flexibility index (Phi) is 3.97. The molecule has 1 aliphatic heterocycles. The van der Waals surface area contributed by atoms with E-state index in [0.29, 0.717) is 5.95 Å². The van der Waals surface area contributed by atoms with Crippen LogP contribution in [-0.2, 0) is 5.41 Å². The highest BCUT2D eigenvalue weighted by Crippen LogP contribution is 2.27. The Labute approximate surface area is 151 Å². The van der Waals surface area contributed by atoms with Crippen molar-refractivity contribution >= 4 is 17.3 Å². The largest absolute Gasteiger partial charge is 0.351 e. The van der Waals surface area contributed by atoms with Crippen LogP contribution >= 0.6 is 0 Å². The Bertz CT molecular complexity index is 905. The van der Waals surface area contributed by atoms with E-state index in [-0.39, 0.29) is 5.41 Å². The molecule has 1 fully saturated rings. The van der Waals surface area contributed by atoms with Gasteiger partial charge in [0.2, 0.25) is 5.95 Å². The molecule has 1 aliphatic rings. The summed E-state index contributed by atoms with van der Waals surface area (Å²) in [5.41, 5.74) is 2.05. The van der Waals surface area contributed by atoms with Gasteiger partial charge in [-0.3, -0.25) is 0 Å². The van der Waals surface area contributed by atoms with E-state index >= 15 is 0 Å². The molecule has 4 heterocycles. The average molecular weight is 355 g/mol. The fourth-order valence-electron chi connectivity index (χ4n) is 3.11. The number of rotatable bonds is 2. The maximum absolute atomic E-state index is 13.0. The van der Waals surface area contributed by atoms with E-state index in [1.54, 1.807) is 6.20 Å². The molecule has 0 bridgehead atoms. The van der Waals surface area contributed by atoms with E-state index in [9.17, 15) is 4.39 Å². The summed E-state index contributed by atoms with van der Waals surface area (Å²) in [6.07, 6.45) is 6.09. The zero-order valence-corrected chi connectivity index (χ0v) is 15.2. The van der Waals surface area contributed by atoms with Crippen LogP contribution in [0.3, 0.4) is 0 Å². The van der Waals surface area contributed by atoms with Gasteiger partial charge in [-0.05, 0) is 6.07 Å². The molecule has 3 aromatic rings. The molecular formula is C18H22FN7. The molecular weight excluding hydrogens is 333 g/mol. The SMILES string of the molecule is CC(C)(C)c1cc2c(N3CCN(c4ncc(F)cn4)CC3)nccn2n1. The summed E-state index contributed by atoms with van der Waals surface area (Å²) in [5, 5.41) is 4.69. The summed E-state index contributed by atoms with van der Waals surface area (Å²) < 4.78 is 14.9. The standard InChI is InChI=1S/C18H22FN7/c1-18(2,3)15-10-14-16(20-4-5-26(14)23-15)24-6-8-25(9-7-24)17-21-11-13(19)12-22-17/h4-5,10-12H,6-9H2,1-3H3. The summed E-state index contributed by atoms with van der Waals surface area (Å²) in [5.74, 6) is 1.09. The molecule has 0 amide bonds. The number of halogens is 1. The second kappa shape index (κ2) is 6.19. The molecule has 1 saturated heterocycles. The molecule has 0 N–H and O–H groups in total. The van der Waals surface area contributed by atoms with Gasteiger partial charge < -0.3 is 9.80 Å². The number of aromatic nitrogens is 5. The zero-order chi connectivity index (χ0) is 18.3. The predicted octanol–water partition coefficient (Wildman–Crippen LogP) is 2.28. The number of piperazine rings is 1. The Morgan fingerprint density at radius 1 is 0.962 bits per heavy atom. The molecule has 0 spiro atoms. The minimum absolute atomic E-state index is 0.0120. The minimum atomic E-state index is -0.418. The predicted molar refractivity (Wildman–Crippen MR) is 98.1 cm³/mol. The second-order valence-corrected chi connectivity index (χ2v) is 7.54. The third kappa shape index (κ3) is 3.07. The summed E-state index contributed by atoms with van der Waals surface area (Å²) >= 11 is 0. The Morgan fingerprint density at radius 3 is 2.27 bits per heavy atom. The van der Waals surface area contributed by atoms with E-state index in [4.69, 9.17) is 5.10 Å². The maximum Gasteiger partial charge on any atom is 0.225 e. The number of fused-ring (bicyclic) bond motifs is 1. The van der Waals surface area contributed by atoms with E-state index in [1.807, 2.05) is 10.7 Å². The van der Waals surface area contributed by atoms with E-state index in [0.717, 1.165) is 43.2 Å². The lowest BCUT2D eigenvalue weighted by Crippen LogP contribution is -2.47. The van der Waals surface area contributed by atoms with Crippen molar-refractivity contribution in [2.45, 2.75) is 26.2 Å². The van der Waals surface area contributed by atoms with Gasteiger partial charge in [0.15, 0.2) is 11.6 Å². The monoisotopic (exact) mass is 355 g/mol. The van der Waals surface area contributed by atoms with Gasteiger partial charge in [-0.15, -0.1) is 0 Å². The lowest BCUT2D eigenvalue weighted by molar-refractivity contribution is 0.562. The second-order valence-electron chi connectivity index (χ2n) is 7.54. The van der Waals surface area contributed by atoms with E-state index < -0.39 is 5.82 Å². The van der Waals surface area contributed by atoms with Crippen LogP contribution in [0.2, 0.25) is 0 Å². The van der Waals surface area contributed by atoms with Gasteiger partial charge in [0.1, 0.15) is 5.52 Å². The smallest absolute Gasteiger partial charge is 0.225 e. The molecule has 3 aromatic heterocycles. The number of hydrogen-bond acceptors (Lipinski definition) is 6. The van der Waals surface area contributed by atoms with Crippen LogP contribution in [0.1, 0.15) is 26.5 Å². The molecule has 0 aliphatic carbocycles. The quantitative estimate of drug-likeness (QED) is 0.703. The molecule has 0 aromatic carbocycles. The van der Waals surface area contributed by atoms with Gasteiger partial charge in [-0.1, -0.05) is 20.8 Å². The summed E-state index contributed by atoms with van der Waals surface area (Å²) in [6, 6.07) is 2.12. The molecule has 7 nitrogen and oxygen atoms in total. The number of anilines is 2. The highest BCUT2D eigenvalue weighted by Gasteiger charge is 2.24. The molecule has 4 rings (SSSR count). The summed E-state index contributed by atoms with van der Waals surface area (Å²) in [6.45, 7) is 9.58. The van der Waals surface area contributed by atoms with Crippen molar-refractivity contribution in [1.29, 1.82) is 0 Å². The van der Waals surface area contributed by atoms with Gasteiger partial charge in [-0.2, -0.15) is 5.10 Å². The van der Waals surface area contributed by atoms with Crippen molar-refractivity contribution < 1.29 is 4.39 Å². The summed E-state index contributed by atoms with van der Waals surface area (Å²) in [7, 11) is 0. The van der Waals surface area contributed by atoms with Crippen LogP contribution < -0.4 is 9.80 Å². The van der Waals surface area contributed by atoms with Crippen LogP contribution in [0.5, 0.6) is 0 Å². The molecule has 8 heteroatoms. The molecule has 0 atom stereocenters. The van der Waals surface area contributed by atoms with Gasteiger partial charge in [0.05, 0.1) is 18.1 Å². The maximum atomic E-state index is 13.0. The third-order valence-corrected chi connectivity index (χ3v) is 4.61. The third-order valence-electron chi connectivity index (χ3n) is 4.61. The highest BCUT2D eigenvalue weighted by atomic mass is 19.1. The zero-order valence-electron chi connectivity index (χ0n) is 15.2. The molecule has 0 radical (unpaired) electrons. The minimum Gasteiger partial charge on any atom is -0.351 e. The first-order valence-corrected chi connectivity index (χ1v) is 8.74. The lowest BCUT2D eigenvalue weighted by atomic mass is 9.92. The van der Waals surface area contributed by atoms with Crippen molar-refractivity contribution in [2.75, 3.05) is 36.0 Å². The Balaban J connectivity index is 1.56. The molecule has 136 valence electrons. The van der Waals surface area contributed by atoms with Gasteiger partial charge >= 0.3 is 0 Å². The Hall–Kier alpha value is -2.77. The number of hydrogen-bond donors (Lipinski definition) is 0. The summed E-state index contributed by atoms with van der Waals surface area (Å²) in [4.78, 5) is 17.1. The van der Waals surface area contributed by atoms with Crippen LogP contribution in [0.25, 0.3) is 5.52 Å². The van der Waals surface area contributed by atoms with Gasteiger partial charge in [0, 0.05) is 44.0 Å². The topological polar surface area (TPSA) is 62.5 Å². The van der Waals surface area contributed by atoms with E-state index in [2.05, 4.69) is 51.6 Å². The molecule has 0 saturated carbocycles. The van der Waals surface area contributed by atoms with Crippen molar-refractivity contribution in [3.8, 4) is 0 Å². The van der Waals surface area contributed by atoms with Crippen molar-refractivity contribution in [3.63, 3.8) is 0 Å². The fraction of sp³-hybridized carbons (Fsp3) is 0.444. The normalized spacial score (nSPS) is 15.7. The van der Waals surface area contributed by atoms with Crippen molar-refractivity contribution in [3.05, 3.63) is 42.4 Å². The van der Waals surface area contributed by atoms with Gasteiger partial charge in [0.25, 0.3) is 0 Å². The first-order valence-electron chi connectivity index (χ1n) is 8.74. The van der Waals surface area contributed by atoms with Crippen LogP contribution in [0.4, 0.5) is 16.2 Å². The molecule has 26 heavy (non-hydrogen) atoms. The van der Waals surface area contributed by atoms with E-state index in [1.165, 1.54) is 12.4 Å². The lowest BCUT2D eigenvalue weighted by Gasteiger charge is -2.35. The van der Waals surface area contributed by atoms with Crippen molar-refractivity contribution in [1.82, 2.24) is 24.6 Å². The highest BCUT2D eigenvalue weighted by molar-refractivity contribution is 5.70. The average Bonchev–Trinajstić information content (AvgIpc) is 3.07. The van der Waals surface area contributed by atoms with Crippen molar-refractivity contribution in [2.24, 2.45) is 0 Å². The fourth-order valence-corrected chi connectivity index (χ4v) is 3.11. The number of nitrogens with zero attached hydrogens (tertiary/aromatic N) is 7. The van der Waals surface area contributed by atoms with Crippen LogP contribution in [0.15, 0.2) is 30.9 Å². The van der Waals surface area contributed by atoms with Gasteiger partial charge in [-0.25, -0.2) is 23.9 Å². The first-order chi connectivity index (χ1) is 12.4. The van der Waals surface area contributed by atoms with Crippen LogP contribution in [0, 0.1) is 5.82 Å². The first kappa shape index (κ1) is 16.7. The Morgan fingerprint density at radius 2 is 1.62 bits per heavy atom. The van der Waals surface area contributed by atoms with Crippen LogP contribution in [-0.4, -0.2) is 50.7 Å².